The molecule has 1 heterocycles. The lowest BCUT2D eigenvalue weighted by Crippen LogP contribution is -2.16. The lowest BCUT2D eigenvalue weighted by molar-refractivity contribution is 0.102. The van der Waals surface area contributed by atoms with Crippen molar-refractivity contribution in [2.45, 2.75) is 0 Å². The van der Waals surface area contributed by atoms with Crippen LogP contribution in [0.2, 0.25) is 0 Å². The van der Waals surface area contributed by atoms with E-state index in [0.717, 1.165) is 0 Å². The Hall–Kier alpha value is -3.07. The van der Waals surface area contributed by atoms with Crippen molar-refractivity contribution < 1.29 is 9.53 Å². The fourth-order valence-corrected chi connectivity index (χ4v) is 1.89. The van der Waals surface area contributed by atoms with Crippen molar-refractivity contribution in [3.63, 3.8) is 0 Å². The maximum absolute atomic E-state index is 12.4. The van der Waals surface area contributed by atoms with E-state index < -0.39 is 0 Å². The lowest BCUT2D eigenvalue weighted by atomic mass is 10.1. The van der Waals surface area contributed by atoms with Gasteiger partial charge in [0.15, 0.2) is 0 Å². The fourth-order valence-electron chi connectivity index (χ4n) is 1.89. The van der Waals surface area contributed by atoms with Gasteiger partial charge in [0.1, 0.15) is 23.3 Å². The Morgan fingerprint density at radius 3 is 2.81 bits per heavy atom. The largest absolute Gasteiger partial charge is 0.495 e. The Morgan fingerprint density at radius 1 is 1.33 bits per heavy atom. The zero-order valence-corrected chi connectivity index (χ0v) is 11.7. The number of amides is 1. The molecule has 0 saturated carbocycles. The van der Waals surface area contributed by atoms with Crippen LogP contribution in [-0.2, 0) is 0 Å². The van der Waals surface area contributed by atoms with Crippen LogP contribution in [0.25, 0.3) is 0 Å². The summed E-state index contributed by atoms with van der Waals surface area (Å²) in [5.74, 6) is 0.522. The van der Waals surface area contributed by atoms with Gasteiger partial charge >= 0.3 is 0 Å². The van der Waals surface area contributed by atoms with Crippen molar-refractivity contribution in [1.82, 2.24) is 4.98 Å². The quantitative estimate of drug-likeness (QED) is 0.898. The SMILES string of the molecule is CNc1ncccc1C(=O)Nc1c(C#N)cccc1OC. The van der Waals surface area contributed by atoms with E-state index in [4.69, 9.17) is 10.00 Å². The molecule has 1 aromatic heterocycles. The number of pyridine rings is 1. The number of para-hydroxylation sites is 1. The third-order valence-electron chi connectivity index (χ3n) is 2.89. The summed E-state index contributed by atoms with van der Waals surface area (Å²) in [5, 5.41) is 14.7. The van der Waals surface area contributed by atoms with Crippen LogP contribution in [0.3, 0.4) is 0 Å². The summed E-state index contributed by atoms with van der Waals surface area (Å²) < 4.78 is 5.18. The first-order valence-electron chi connectivity index (χ1n) is 6.22. The second-order valence-electron chi connectivity index (χ2n) is 4.10. The number of nitriles is 1. The summed E-state index contributed by atoms with van der Waals surface area (Å²) in [6, 6.07) is 10.3. The number of nitrogens with zero attached hydrogens (tertiary/aromatic N) is 2. The first kappa shape index (κ1) is 14.3. The zero-order valence-electron chi connectivity index (χ0n) is 11.7. The van der Waals surface area contributed by atoms with Gasteiger partial charge in [-0.25, -0.2) is 4.98 Å². The molecule has 2 aromatic rings. The molecule has 6 heteroatoms. The van der Waals surface area contributed by atoms with Crippen molar-refractivity contribution in [3.05, 3.63) is 47.7 Å². The van der Waals surface area contributed by atoms with Crippen LogP contribution in [0.5, 0.6) is 5.75 Å². The smallest absolute Gasteiger partial charge is 0.259 e. The number of methoxy groups -OCH3 is 1. The number of carbonyl (C=O) groups excluding carboxylic acids is 1. The average molecular weight is 282 g/mol. The highest BCUT2D eigenvalue weighted by atomic mass is 16.5. The van der Waals surface area contributed by atoms with Gasteiger partial charge in [-0.2, -0.15) is 5.26 Å². The molecule has 0 fully saturated rings. The standard InChI is InChI=1S/C15H14N4O2/c1-17-14-11(6-4-8-18-14)15(20)19-13-10(9-16)5-3-7-12(13)21-2/h3-8H,1-2H3,(H,17,18)(H,19,20). The number of anilines is 2. The molecule has 0 radical (unpaired) electrons. The lowest BCUT2D eigenvalue weighted by Gasteiger charge is -2.13. The Bertz CT molecular complexity index is 707. The molecule has 0 atom stereocenters. The number of rotatable bonds is 4. The monoisotopic (exact) mass is 282 g/mol. The summed E-state index contributed by atoms with van der Waals surface area (Å²) in [7, 11) is 3.16. The van der Waals surface area contributed by atoms with Crippen LogP contribution in [0.4, 0.5) is 11.5 Å². The average Bonchev–Trinajstić information content (AvgIpc) is 2.54. The van der Waals surface area contributed by atoms with Gasteiger partial charge in [0.2, 0.25) is 0 Å². The molecule has 2 N–H and O–H groups in total. The minimum absolute atomic E-state index is 0.331. The number of hydrogen-bond donors (Lipinski definition) is 2. The predicted molar refractivity (Wildman–Crippen MR) is 79.4 cm³/mol. The third-order valence-corrected chi connectivity index (χ3v) is 2.89. The van der Waals surface area contributed by atoms with Crippen LogP contribution in [0.1, 0.15) is 15.9 Å². The van der Waals surface area contributed by atoms with Crippen LogP contribution in [0, 0.1) is 11.3 Å². The maximum Gasteiger partial charge on any atom is 0.259 e. The normalized spacial score (nSPS) is 9.57. The van der Waals surface area contributed by atoms with Gasteiger partial charge in [0, 0.05) is 13.2 Å². The van der Waals surface area contributed by atoms with Gasteiger partial charge in [0.25, 0.3) is 5.91 Å². The summed E-state index contributed by atoms with van der Waals surface area (Å²) in [4.78, 5) is 16.5. The van der Waals surface area contributed by atoms with Gasteiger partial charge in [-0.3, -0.25) is 4.79 Å². The molecule has 6 nitrogen and oxygen atoms in total. The van der Waals surface area contributed by atoms with E-state index in [0.29, 0.717) is 28.4 Å². The molecule has 0 saturated heterocycles. The first-order chi connectivity index (χ1) is 10.2. The molecule has 0 unspecified atom stereocenters. The minimum atomic E-state index is -0.367. The fraction of sp³-hybridized carbons (Fsp3) is 0.133. The number of carbonyl (C=O) groups is 1. The van der Waals surface area contributed by atoms with Gasteiger partial charge in [-0.15, -0.1) is 0 Å². The predicted octanol–water partition coefficient (Wildman–Crippen LogP) is 2.26. The van der Waals surface area contributed by atoms with E-state index in [1.54, 1.807) is 43.6 Å². The summed E-state index contributed by atoms with van der Waals surface area (Å²) in [5.41, 5.74) is 1.06. The second kappa shape index (κ2) is 6.39. The summed E-state index contributed by atoms with van der Waals surface area (Å²) >= 11 is 0. The molecule has 0 aliphatic rings. The molecule has 0 spiro atoms. The van der Waals surface area contributed by atoms with E-state index in [1.807, 2.05) is 6.07 Å². The van der Waals surface area contributed by atoms with Crippen molar-refractivity contribution in [3.8, 4) is 11.8 Å². The Labute approximate surface area is 122 Å². The van der Waals surface area contributed by atoms with E-state index in [2.05, 4.69) is 15.6 Å². The second-order valence-corrected chi connectivity index (χ2v) is 4.10. The Kier molecular flexibility index (Phi) is 4.36. The Morgan fingerprint density at radius 2 is 2.14 bits per heavy atom. The molecule has 0 aliphatic carbocycles. The van der Waals surface area contributed by atoms with Gasteiger partial charge < -0.3 is 15.4 Å². The van der Waals surface area contributed by atoms with Crippen LogP contribution in [-0.4, -0.2) is 25.0 Å². The molecule has 106 valence electrons. The number of benzene rings is 1. The number of nitrogens with one attached hydrogen (secondary N) is 2. The molecule has 21 heavy (non-hydrogen) atoms. The number of aromatic nitrogens is 1. The topological polar surface area (TPSA) is 87.0 Å². The van der Waals surface area contributed by atoms with E-state index >= 15 is 0 Å². The molecule has 0 aliphatic heterocycles. The van der Waals surface area contributed by atoms with Crippen LogP contribution >= 0.6 is 0 Å². The van der Waals surface area contributed by atoms with Crippen LogP contribution < -0.4 is 15.4 Å². The number of ether oxygens (including phenoxy) is 1. The van der Waals surface area contributed by atoms with E-state index in [1.165, 1.54) is 7.11 Å². The van der Waals surface area contributed by atoms with E-state index in [9.17, 15) is 4.79 Å². The highest BCUT2D eigenvalue weighted by Gasteiger charge is 2.16. The van der Waals surface area contributed by atoms with Gasteiger partial charge in [-0.05, 0) is 24.3 Å². The highest BCUT2D eigenvalue weighted by molar-refractivity contribution is 6.08. The molecule has 1 aromatic carbocycles. The molecular formula is C15H14N4O2. The highest BCUT2D eigenvalue weighted by Crippen LogP contribution is 2.28. The summed E-state index contributed by atoms with van der Waals surface area (Å²) in [6.07, 6.45) is 1.59. The third kappa shape index (κ3) is 2.92. The van der Waals surface area contributed by atoms with Crippen molar-refractivity contribution in [2.24, 2.45) is 0 Å². The zero-order chi connectivity index (χ0) is 15.2. The maximum atomic E-state index is 12.4. The Balaban J connectivity index is 2.39. The van der Waals surface area contributed by atoms with Crippen molar-refractivity contribution in [2.75, 3.05) is 24.8 Å². The first-order valence-corrected chi connectivity index (χ1v) is 6.22. The van der Waals surface area contributed by atoms with Crippen molar-refractivity contribution >= 4 is 17.4 Å². The van der Waals surface area contributed by atoms with Gasteiger partial charge in [0.05, 0.1) is 18.2 Å². The molecule has 1 amide bonds. The molecule has 0 bridgehead atoms. The van der Waals surface area contributed by atoms with Crippen LogP contribution in [0.15, 0.2) is 36.5 Å². The molecule has 2 rings (SSSR count). The van der Waals surface area contributed by atoms with E-state index in [-0.39, 0.29) is 5.91 Å². The van der Waals surface area contributed by atoms with Gasteiger partial charge in [-0.1, -0.05) is 6.07 Å². The number of hydrogen-bond acceptors (Lipinski definition) is 5. The minimum Gasteiger partial charge on any atom is -0.495 e. The van der Waals surface area contributed by atoms with Crippen molar-refractivity contribution in [1.29, 1.82) is 5.26 Å². The summed E-state index contributed by atoms with van der Waals surface area (Å²) in [6.45, 7) is 0. The molecular weight excluding hydrogens is 268 g/mol.